The van der Waals surface area contributed by atoms with Crippen LogP contribution in [0, 0.1) is 0 Å². The number of hydrogen-bond acceptors (Lipinski definition) is 4. The Morgan fingerprint density at radius 1 is 1.31 bits per heavy atom. The zero-order chi connectivity index (χ0) is 18.7. The summed E-state index contributed by atoms with van der Waals surface area (Å²) in [5.74, 6) is 0.0198. The van der Waals surface area contributed by atoms with Crippen LogP contribution in [0.3, 0.4) is 0 Å². The van der Waals surface area contributed by atoms with Gasteiger partial charge in [-0.2, -0.15) is 5.10 Å². The second-order valence-corrected chi connectivity index (χ2v) is 7.55. The lowest BCUT2D eigenvalue weighted by Crippen LogP contribution is -2.49. The fraction of sp³-hybridized carbons (Fsp3) is 0.737. The van der Waals surface area contributed by atoms with E-state index in [1.54, 1.807) is 16.9 Å². The van der Waals surface area contributed by atoms with Gasteiger partial charge < -0.3 is 14.5 Å². The number of ether oxygens (including phenoxy) is 1. The highest BCUT2D eigenvalue weighted by molar-refractivity contribution is 5.92. The van der Waals surface area contributed by atoms with E-state index in [2.05, 4.69) is 25.9 Å². The van der Waals surface area contributed by atoms with E-state index in [9.17, 15) is 9.59 Å². The van der Waals surface area contributed by atoms with Crippen molar-refractivity contribution in [2.24, 2.45) is 0 Å². The summed E-state index contributed by atoms with van der Waals surface area (Å²) in [5, 5.41) is 4.24. The Hall–Kier alpha value is -2.05. The van der Waals surface area contributed by atoms with Crippen molar-refractivity contribution in [1.29, 1.82) is 0 Å². The minimum absolute atomic E-state index is 0.0198. The molecule has 2 saturated heterocycles. The number of hydrogen-bond donors (Lipinski definition) is 0. The molecule has 2 aliphatic rings. The van der Waals surface area contributed by atoms with E-state index in [0.717, 1.165) is 25.8 Å². The summed E-state index contributed by atoms with van der Waals surface area (Å²) in [6.07, 6.45) is 5.84. The Labute approximate surface area is 155 Å². The molecule has 3 heterocycles. The maximum Gasteiger partial charge on any atom is 0.410 e. The van der Waals surface area contributed by atoms with Crippen molar-refractivity contribution in [2.45, 2.75) is 71.1 Å². The van der Waals surface area contributed by atoms with Crippen LogP contribution in [-0.4, -0.2) is 62.9 Å². The molecule has 0 bridgehead atoms. The molecule has 2 fully saturated rings. The summed E-state index contributed by atoms with van der Waals surface area (Å²) in [5.41, 5.74) is 0.212. The van der Waals surface area contributed by atoms with Gasteiger partial charge in [-0.1, -0.05) is 20.3 Å². The SMILES string of the molecule is CCC[C@H](C)N1CC2(CCN(C(=O)c3ccnn3CCC)CC2)OC1=O. The second-order valence-electron chi connectivity index (χ2n) is 7.55. The third kappa shape index (κ3) is 3.57. The molecule has 0 unspecified atom stereocenters. The summed E-state index contributed by atoms with van der Waals surface area (Å²) in [6, 6.07) is 1.99. The van der Waals surface area contributed by atoms with Crippen molar-refractivity contribution < 1.29 is 14.3 Å². The van der Waals surface area contributed by atoms with E-state index in [0.29, 0.717) is 38.2 Å². The minimum atomic E-state index is -0.431. The number of piperidine rings is 1. The molecule has 1 spiro atoms. The maximum absolute atomic E-state index is 12.8. The van der Waals surface area contributed by atoms with Crippen molar-refractivity contribution in [2.75, 3.05) is 19.6 Å². The minimum Gasteiger partial charge on any atom is -0.441 e. The number of aromatic nitrogens is 2. The lowest BCUT2D eigenvalue weighted by Gasteiger charge is -2.37. The third-order valence-corrected chi connectivity index (χ3v) is 5.57. The number of rotatable bonds is 6. The normalized spacial score (nSPS) is 20.5. The predicted molar refractivity (Wildman–Crippen MR) is 97.9 cm³/mol. The van der Waals surface area contributed by atoms with Crippen LogP contribution in [0.4, 0.5) is 4.79 Å². The van der Waals surface area contributed by atoms with Crippen LogP contribution in [-0.2, 0) is 11.3 Å². The van der Waals surface area contributed by atoms with E-state index in [1.807, 2.05) is 9.80 Å². The van der Waals surface area contributed by atoms with E-state index < -0.39 is 5.60 Å². The van der Waals surface area contributed by atoms with Gasteiger partial charge in [-0.15, -0.1) is 0 Å². The van der Waals surface area contributed by atoms with Gasteiger partial charge in [0.25, 0.3) is 5.91 Å². The van der Waals surface area contributed by atoms with Crippen LogP contribution in [0.2, 0.25) is 0 Å². The van der Waals surface area contributed by atoms with Gasteiger partial charge in [0.2, 0.25) is 0 Å². The number of carbonyl (C=O) groups is 2. The Morgan fingerprint density at radius 3 is 2.69 bits per heavy atom. The molecule has 7 nitrogen and oxygen atoms in total. The molecular formula is C19H30N4O3. The smallest absolute Gasteiger partial charge is 0.410 e. The van der Waals surface area contributed by atoms with Gasteiger partial charge >= 0.3 is 6.09 Å². The average molecular weight is 362 g/mol. The number of carbonyl (C=O) groups excluding carboxylic acids is 2. The molecule has 0 radical (unpaired) electrons. The second kappa shape index (κ2) is 7.68. The van der Waals surface area contributed by atoms with Crippen LogP contribution in [0.25, 0.3) is 0 Å². The fourth-order valence-corrected chi connectivity index (χ4v) is 4.00. The number of amides is 2. The Kier molecular flexibility index (Phi) is 5.53. The van der Waals surface area contributed by atoms with Crippen LogP contribution >= 0.6 is 0 Å². The molecule has 3 rings (SSSR count). The number of aryl methyl sites for hydroxylation is 1. The predicted octanol–water partition coefficient (Wildman–Crippen LogP) is 2.91. The molecule has 26 heavy (non-hydrogen) atoms. The lowest BCUT2D eigenvalue weighted by atomic mass is 9.90. The largest absolute Gasteiger partial charge is 0.441 e. The molecule has 0 aliphatic carbocycles. The van der Waals surface area contributed by atoms with Gasteiger partial charge in [-0.05, 0) is 25.8 Å². The number of likely N-dealkylation sites (tertiary alicyclic amines) is 1. The summed E-state index contributed by atoms with van der Waals surface area (Å²) < 4.78 is 7.56. The quantitative estimate of drug-likeness (QED) is 0.780. The van der Waals surface area contributed by atoms with Crippen molar-refractivity contribution in [1.82, 2.24) is 19.6 Å². The average Bonchev–Trinajstić information content (AvgIpc) is 3.20. The highest BCUT2D eigenvalue weighted by Crippen LogP contribution is 2.35. The van der Waals surface area contributed by atoms with Gasteiger partial charge in [0.1, 0.15) is 11.3 Å². The van der Waals surface area contributed by atoms with Gasteiger partial charge in [0.05, 0.1) is 6.54 Å². The summed E-state index contributed by atoms with van der Waals surface area (Å²) >= 11 is 0. The molecule has 2 aliphatic heterocycles. The summed E-state index contributed by atoms with van der Waals surface area (Å²) in [7, 11) is 0. The monoisotopic (exact) mass is 362 g/mol. The first-order chi connectivity index (χ1) is 12.5. The first-order valence-corrected chi connectivity index (χ1v) is 9.80. The highest BCUT2D eigenvalue weighted by atomic mass is 16.6. The summed E-state index contributed by atoms with van der Waals surface area (Å²) in [6.45, 7) is 8.88. The molecule has 1 atom stereocenters. The number of nitrogens with zero attached hydrogens (tertiary/aromatic N) is 4. The molecule has 144 valence electrons. The Balaban J connectivity index is 1.61. The van der Waals surface area contributed by atoms with E-state index in [4.69, 9.17) is 4.74 Å². The standard InChI is InChI=1S/C19H30N4O3/c1-4-6-15(3)22-14-19(26-18(22)25)8-12-21(13-9-19)17(24)16-7-10-20-23(16)11-5-2/h7,10,15H,4-6,8-9,11-14H2,1-3H3/t15-/m0/s1. The Bertz CT molecular complexity index is 649. The van der Waals surface area contributed by atoms with Crippen molar-refractivity contribution in [3.63, 3.8) is 0 Å². The van der Waals surface area contributed by atoms with Gasteiger partial charge in [-0.3, -0.25) is 9.48 Å². The van der Waals surface area contributed by atoms with Crippen LogP contribution in [0.5, 0.6) is 0 Å². The van der Waals surface area contributed by atoms with Crippen LogP contribution < -0.4 is 0 Å². The molecular weight excluding hydrogens is 332 g/mol. The third-order valence-electron chi connectivity index (χ3n) is 5.57. The lowest BCUT2D eigenvalue weighted by molar-refractivity contribution is 0.00273. The maximum atomic E-state index is 12.8. The van der Waals surface area contributed by atoms with Gasteiger partial charge in [0, 0.05) is 44.7 Å². The first kappa shape index (κ1) is 18.7. The van der Waals surface area contributed by atoms with E-state index >= 15 is 0 Å². The van der Waals surface area contributed by atoms with Crippen LogP contribution in [0.1, 0.15) is 63.4 Å². The fourth-order valence-electron chi connectivity index (χ4n) is 4.00. The molecule has 7 heteroatoms. The zero-order valence-electron chi connectivity index (χ0n) is 16.1. The van der Waals surface area contributed by atoms with Crippen molar-refractivity contribution in [3.05, 3.63) is 18.0 Å². The summed E-state index contributed by atoms with van der Waals surface area (Å²) in [4.78, 5) is 28.8. The topological polar surface area (TPSA) is 67.7 Å². The van der Waals surface area contributed by atoms with E-state index in [1.165, 1.54) is 0 Å². The van der Waals surface area contributed by atoms with Crippen LogP contribution in [0.15, 0.2) is 12.3 Å². The first-order valence-electron chi connectivity index (χ1n) is 9.80. The van der Waals surface area contributed by atoms with Crippen molar-refractivity contribution in [3.8, 4) is 0 Å². The molecule has 0 aromatic carbocycles. The molecule has 1 aromatic heterocycles. The highest BCUT2D eigenvalue weighted by Gasteiger charge is 2.48. The van der Waals surface area contributed by atoms with Crippen molar-refractivity contribution >= 4 is 12.0 Å². The molecule has 0 N–H and O–H groups in total. The van der Waals surface area contributed by atoms with Gasteiger partial charge in [-0.25, -0.2) is 4.79 Å². The molecule has 1 aromatic rings. The molecule has 0 saturated carbocycles. The zero-order valence-corrected chi connectivity index (χ0v) is 16.1. The Morgan fingerprint density at radius 2 is 2.04 bits per heavy atom. The van der Waals surface area contributed by atoms with Gasteiger partial charge in [0.15, 0.2) is 0 Å². The van der Waals surface area contributed by atoms with E-state index in [-0.39, 0.29) is 18.0 Å². The molecule has 2 amide bonds.